The molecular formula is C9H9N3O3S. The highest BCUT2D eigenvalue weighted by atomic mass is 32.2. The van der Waals surface area contributed by atoms with Crippen LogP contribution in [0.25, 0.3) is 0 Å². The third kappa shape index (κ3) is 2.35. The predicted octanol–water partition coefficient (Wildman–Crippen LogP) is -0.284. The van der Waals surface area contributed by atoms with E-state index in [4.69, 9.17) is 5.26 Å². The number of amides is 1. The first-order valence-corrected chi connectivity index (χ1v) is 6.11. The molecule has 1 rings (SSSR count). The number of carbonyl (C=O) groups excluding carboxylic acids is 1. The second kappa shape index (κ2) is 4.28. The molecule has 1 aromatic heterocycles. The predicted molar refractivity (Wildman–Crippen MR) is 55.5 cm³/mol. The Morgan fingerprint density at radius 2 is 2.19 bits per heavy atom. The molecule has 0 atom stereocenters. The van der Waals surface area contributed by atoms with Gasteiger partial charge in [-0.25, -0.2) is 13.4 Å². The van der Waals surface area contributed by atoms with Crippen LogP contribution in [0.1, 0.15) is 15.9 Å². The van der Waals surface area contributed by atoms with Crippen molar-refractivity contribution in [3.8, 4) is 6.07 Å². The largest absolute Gasteiger partial charge is 0.355 e. The van der Waals surface area contributed by atoms with E-state index in [0.717, 1.165) is 12.5 Å². The lowest BCUT2D eigenvalue weighted by Gasteiger charge is -2.03. The Bertz CT molecular complexity index is 572. The van der Waals surface area contributed by atoms with E-state index in [2.05, 4.69) is 10.3 Å². The summed E-state index contributed by atoms with van der Waals surface area (Å²) >= 11 is 0. The topological polar surface area (TPSA) is 99.9 Å². The molecule has 0 radical (unpaired) electrons. The molecule has 0 spiro atoms. The van der Waals surface area contributed by atoms with Gasteiger partial charge in [0.2, 0.25) is 0 Å². The third-order valence-electron chi connectivity index (χ3n) is 1.81. The Morgan fingerprint density at radius 3 is 2.62 bits per heavy atom. The van der Waals surface area contributed by atoms with Gasteiger partial charge in [0.1, 0.15) is 6.07 Å². The van der Waals surface area contributed by atoms with E-state index in [-0.39, 0.29) is 16.2 Å². The first-order chi connectivity index (χ1) is 7.40. The number of rotatable bonds is 2. The van der Waals surface area contributed by atoms with Crippen molar-refractivity contribution in [1.29, 1.82) is 5.26 Å². The van der Waals surface area contributed by atoms with Crippen molar-refractivity contribution in [2.24, 2.45) is 0 Å². The van der Waals surface area contributed by atoms with Crippen LogP contribution in [0.4, 0.5) is 0 Å². The first kappa shape index (κ1) is 12.1. The molecule has 0 aliphatic heterocycles. The van der Waals surface area contributed by atoms with E-state index < -0.39 is 15.7 Å². The van der Waals surface area contributed by atoms with Crippen molar-refractivity contribution in [2.45, 2.75) is 5.03 Å². The van der Waals surface area contributed by atoms with Crippen LogP contribution in [0.5, 0.6) is 0 Å². The molecule has 7 heteroatoms. The van der Waals surface area contributed by atoms with Crippen LogP contribution < -0.4 is 5.32 Å². The standard InChI is InChI=1S/C9H9N3O3S/c1-11-8(13)7-3-6(4-10)9(12-5-7)16(2,14)15/h3,5H,1-2H3,(H,11,13). The molecule has 1 amide bonds. The summed E-state index contributed by atoms with van der Waals surface area (Å²) in [5.41, 5.74) is 0.00931. The minimum absolute atomic E-state index is 0.136. The molecule has 6 nitrogen and oxygen atoms in total. The molecule has 0 aromatic carbocycles. The Labute approximate surface area is 92.8 Å². The summed E-state index contributed by atoms with van der Waals surface area (Å²) in [7, 11) is -2.13. The number of carbonyl (C=O) groups is 1. The van der Waals surface area contributed by atoms with Crippen molar-refractivity contribution in [3.63, 3.8) is 0 Å². The van der Waals surface area contributed by atoms with E-state index >= 15 is 0 Å². The van der Waals surface area contributed by atoms with Gasteiger partial charge in [-0.1, -0.05) is 0 Å². The van der Waals surface area contributed by atoms with Crippen molar-refractivity contribution in [2.75, 3.05) is 13.3 Å². The van der Waals surface area contributed by atoms with Gasteiger partial charge in [0, 0.05) is 19.5 Å². The summed E-state index contributed by atoms with van der Waals surface area (Å²) in [6, 6.07) is 2.90. The number of hydrogen-bond acceptors (Lipinski definition) is 5. The van der Waals surface area contributed by atoms with Gasteiger partial charge in [-0.15, -0.1) is 0 Å². The van der Waals surface area contributed by atoms with Gasteiger partial charge in [-0.3, -0.25) is 4.79 Å². The van der Waals surface area contributed by atoms with Crippen LogP contribution >= 0.6 is 0 Å². The van der Waals surface area contributed by atoms with E-state index in [1.165, 1.54) is 13.1 Å². The van der Waals surface area contributed by atoms with E-state index in [9.17, 15) is 13.2 Å². The van der Waals surface area contributed by atoms with Gasteiger partial charge in [-0.05, 0) is 6.07 Å². The Balaban J connectivity index is 3.41. The monoisotopic (exact) mass is 239 g/mol. The number of sulfone groups is 1. The number of pyridine rings is 1. The van der Waals surface area contributed by atoms with Gasteiger partial charge in [0.15, 0.2) is 14.9 Å². The van der Waals surface area contributed by atoms with Crippen LogP contribution in [0, 0.1) is 11.3 Å². The quantitative estimate of drug-likeness (QED) is 0.764. The summed E-state index contributed by atoms with van der Waals surface area (Å²) in [5, 5.41) is 10.8. The zero-order valence-corrected chi connectivity index (χ0v) is 9.50. The molecule has 16 heavy (non-hydrogen) atoms. The fourth-order valence-electron chi connectivity index (χ4n) is 1.10. The van der Waals surface area contributed by atoms with Crippen molar-refractivity contribution < 1.29 is 13.2 Å². The SMILES string of the molecule is CNC(=O)c1cnc(S(C)(=O)=O)c(C#N)c1. The first-order valence-electron chi connectivity index (χ1n) is 4.22. The normalized spacial score (nSPS) is 10.6. The summed E-state index contributed by atoms with van der Waals surface area (Å²) in [5.74, 6) is -0.427. The molecule has 0 saturated carbocycles. The van der Waals surface area contributed by atoms with Crippen molar-refractivity contribution in [1.82, 2.24) is 10.3 Å². The van der Waals surface area contributed by atoms with Gasteiger partial charge >= 0.3 is 0 Å². The van der Waals surface area contributed by atoms with Crippen molar-refractivity contribution >= 4 is 15.7 Å². The summed E-state index contributed by atoms with van der Waals surface area (Å²) in [6.07, 6.45) is 2.08. The zero-order chi connectivity index (χ0) is 12.3. The molecule has 1 aromatic rings. The minimum Gasteiger partial charge on any atom is -0.355 e. The number of aromatic nitrogens is 1. The fraction of sp³-hybridized carbons (Fsp3) is 0.222. The number of hydrogen-bond donors (Lipinski definition) is 1. The number of nitrogens with one attached hydrogen (secondary N) is 1. The van der Waals surface area contributed by atoms with Crippen LogP contribution in [-0.4, -0.2) is 32.6 Å². The van der Waals surface area contributed by atoms with E-state index in [1.54, 1.807) is 6.07 Å². The molecule has 0 unspecified atom stereocenters. The fourth-order valence-corrected chi connectivity index (χ4v) is 1.84. The molecule has 0 aliphatic carbocycles. The van der Waals surface area contributed by atoms with Gasteiger partial charge in [0.25, 0.3) is 5.91 Å². The minimum atomic E-state index is -3.56. The second-order valence-electron chi connectivity index (χ2n) is 3.04. The maximum absolute atomic E-state index is 11.2. The lowest BCUT2D eigenvalue weighted by Crippen LogP contribution is -2.18. The highest BCUT2D eigenvalue weighted by Gasteiger charge is 2.17. The Kier molecular flexibility index (Phi) is 3.25. The summed E-state index contributed by atoms with van der Waals surface area (Å²) in [4.78, 5) is 14.9. The van der Waals surface area contributed by atoms with Crippen LogP contribution in [0.2, 0.25) is 0 Å². The summed E-state index contributed by atoms with van der Waals surface area (Å²) < 4.78 is 22.5. The number of nitriles is 1. The van der Waals surface area contributed by atoms with Crippen molar-refractivity contribution in [3.05, 3.63) is 23.4 Å². The van der Waals surface area contributed by atoms with Gasteiger partial charge < -0.3 is 5.32 Å². The molecule has 0 aliphatic rings. The molecular weight excluding hydrogens is 230 g/mol. The molecule has 0 saturated heterocycles. The lowest BCUT2D eigenvalue weighted by molar-refractivity contribution is 0.0962. The molecule has 1 N–H and O–H groups in total. The summed E-state index contributed by atoms with van der Waals surface area (Å²) in [6.45, 7) is 0. The van der Waals surface area contributed by atoms with E-state index in [0.29, 0.717) is 0 Å². The number of nitrogens with zero attached hydrogens (tertiary/aromatic N) is 2. The van der Waals surface area contributed by atoms with Gasteiger partial charge in [0.05, 0.1) is 11.1 Å². The maximum Gasteiger partial charge on any atom is 0.252 e. The smallest absolute Gasteiger partial charge is 0.252 e. The van der Waals surface area contributed by atoms with Gasteiger partial charge in [-0.2, -0.15) is 5.26 Å². The molecule has 0 bridgehead atoms. The lowest BCUT2D eigenvalue weighted by atomic mass is 10.2. The molecule has 0 fully saturated rings. The molecule has 1 heterocycles. The average Bonchev–Trinajstić information content (AvgIpc) is 2.25. The molecule has 84 valence electrons. The second-order valence-corrected chi connectivity index (χ2v) is 4.97. The average molecular weight is 239 g/mol. The van der Waals surface area contributed by atoms with Crippen LogP contribution in [0.3, 0.4) is 0 Å². The van der Waals surface area contributed by atoms with Crippen LogP contribution in [-0.2, 0) is 9.84 Å². The highest BCUT2D eigenvalue weighted by molar-refractivity contribution is 7.90. The zero-order valence-electron chi connectivity index (χ0n) is 8.68. The van der Waals surface area contributed by atoms with Crippen LogP contribution in [0.15, 0.2) is 17.3 Å². The Hall–Kier alpha value is -1.94. The Morgan fingerprint density at radius 1 is 1.56 bits per heavy atom. The maximum atomic E-state index is 11.2. The highest BCUT2D eigenvalue weighted by Crippen LogP contribution is 2.13. The van der Waals surface area contributed by atoms with E-state index in [1.807, 2.05) is 0 Å². The third-order valence-corrected chi connectivity index (χ3v) is 2.84.